The first-order valence-corrected chi connectivity index (χ1v) is 6.75. The molecule has 1 aliphatic heterocycles. The summed E-state index contributed by atoms with van der Waals surface area (Å²) < 4.78 is 0. The van der Waals surface area contributed by atoms with E-state index in [0.29, 0.717) is 12.0 Å². The average molecular weight is 238 g/mol. The van der Waals surface area contributed by atoms with Gasteiger partial charge in [-0.15, -0.1) is 0 Å². The molecule has 1 heterocycles. The first kappa shape index (κ1) is 14.2. The van der Waals surface area contributed by atoms with Crippen LogP contribution >= 0.6 is 0 Å². The number of amides is 1. The minimum absolute atomic E-state index is 0.216. The summed E-state index contributed by atoms with van der Waals surface area (Å²) >= 11 is 0. The summed E-state index contributed by atoms with van der Waals surface area (Å²) in [6.45, 7) is 8.32. The van der Waals surface area contributed by atoms with E-state index >= 15 is 0 Å². The lowest BCUT2D eigenvalue weighted by Gasteiger charge is -2.33. The third kappa shape index (κ3) is 3.84. The third-order valence-corrected chi connectivity index (χ3v) is 3.47. The monoisotopic (exact) mass is 238 g/mol. The van der Waals surface area contributed by atoms with Crippen molar-refractivity contribution in [2.75, 3.05) is 20.1 Å². The summed E-state index contributed by atoms with van der Waals surface area (Å²) in [7, 11) is 1.95. The smallest absolute Gasteiger partial charge is 0.249 e. The van der Waals surface area contributed by atoms with Gasteiger partial charge in [0, 0.05) is 18.7 Å². The maximum atomic E-state index is 12.4. The third-order valence-electron chi connectivity index (χ3n) is 3.47. The predicted octanol–water partition coefficient (Wildman–Crippen LogP) is 2.19. The fourth-order valence-electron chi connectivity index (χ4n) is 2.35. The predicted molar refractivity (Wildman–Crippen MR) is 71.9 cm³/mol. The topological polar surface area (TPSA) is 32.3 Å². The molecule has 1 aliphatic rings. The second kappa shape index (κ2) is 6.80. The molecule has 0 aromatic carbocycles. The number of likely N-dealkylation sites (N-methyl/N-ethyl adjacent to an activating group) is 1. The van der Waals surface area contributed by atoms with E-state index in [1.165, 1.54) is 0 Å². The summed E-state index contributed by atoms with van der Waals surface area (Å²) in [6.07, 6.45) is 5.14. The molecule has 0 aromatic rings. The Hall–Kier alpha value is -0.830. The fourth-order valence-corrected chi connectivity index (χ4v) is 2.35. The number of hydrogen-bond donors (Lipinski definition) is 1. The molecule has 0 unspecified atom stereocenters. The molecule has 1 rings (SSSR count). The first-order valence-electron chi connectivity index (χ1n) is 6.75. The number of nitrogens with one attached hydrogen (secondary N) is 1. The van der Waals surface area contributed by atoms with Gasteiger partial charge in [-0.05, 0) is 38.3 Å². The number of rotatable bonds is 4. The Morgan fingerprint density at radius 2 is 2.00 bits per heavy atom. The molecular formula is C14H26N2O. The highest BCUT2D eigenvalue weighted by molar-refractivity contribution is 5.93. The fraction of sp³-hybridized carbons (Fsp3) is 0.786. The molecule has 0 spiro atoms. The van der Waals surface area contributed by atoms with Crippen LogP contribution in [0.1, 0.15) is 40.0 Å². The highest BCUT2D eigenvalue weighted by atomic mass is 16.2. The number of nitrogens with zero attached hydrogens (tertiary/aromatic N) is 1. The average Bonchev–Trinajstić information content (AvgIpc) is 2.35. The van der Waals surface area contributed by atoms with Gasteiger partial charge in [-0.3, -0.25) is 4.79 Å². The summed E-state index contributed by atoms with van der Waals surface area (Å²) in [4.78, 5) is 14.4. The number of piperidine rings is 1. The Bertz CT molecular complexity index is 278. The van der Waals surface area contributed by atoms with Crippen molar-refractivity contribution in [2.45, 2.75) is 46.1 Å². The van der Waals surface area contributed by atoms with Gasteiger partial charge in [-0.25, -0.2) is 0 Å². The molecule has 0 aromatic heterocycles. The Morgan fingerprint density at radius 3 is 2.47 bits per heavy atom. The molecular weight excluding hydrogens is 212 g/mol. The number of allylic oxidation sites excluding steroid dienone is 1. The van der Waals surface area contributed by atoms with E-state index in [2.05, 4.69) is 32.2 Å². The molecule has 0 aliphatic carbocycles. The molecule has 0 saturated carbocycles. The van der Waals surface area contributed by atoms with Gasteiger partial charge >= 0.3 is 0 Å². The first-order chi connectivity index (χ1) is 8.07. The normalized spacial score (nSPS) is 18.5. The van der Waals surface area contributed by atoms with Gasteiger partial charge in [0.25, 0.3) is 0 Å². The zero-order chi connectivity index (χ0) is 12.8. The molecule has 0 bridgehead atoms. The molecule has 98 valence electrons. The number of carbonyl (C=O) groups is 1. The maximum Gasteiger partial charge on any atom is 0.249 e. The van der Waals surface area contributed by atoms with E-state index in [1.807, 2.05) is 11.9 Å². The molecule has 1 N–H and O–H groups in total. The van der Waals surface area contributed by atoms with Gasteiger partial charge in [-0.1, -0.05) is 26.8 Å². The van der Waals surface area contributed by atoms with Crippen LogP contribution in [0.25, 0.3) is 0 Å². The Kier molecular flexibility index (Phi) is 5.69. The van der Waals surface area contributed by atoms with Crippen LogP contribution in [0.3, 0.4) is 0 Å². The Labute approximate surface area is 105 Å². The second-order valence-electron chi connectivity index (χ2n) is 5.12. The minimum Gasteiger partial charge on any atom is -0.339 e. The quantitative estimate of drug-likeness (QED) is 0.761. The van der Waals surface area contributed by atoms with Crippen molar-refractivity contribution in [3.05, 3.63) is 11.6 Å². The van der Waals surface area contributed by atoms with Crippen molar-refractivity contribution in [2.24, 2.45) is 5.92 Å². The van der Waals surface area contributed by atoms with E-state index in [4.69, 9.17) is 0 Å². The molecule has 1 fully saturated rings. The van der Waals surface area contributed by atoms with Gasteiger partial charge in [0.2, 0.25) is 5.91 Å². The highest BCUT2D eigenvalue weighted by Crippen LogP contribution is 2.18. The van der Waals surface area contributed by atoms with Crippen molar-refractivity contribution in [3.63, 3.8) is 0 Å². The highest BCUT2D eigenvalue weighted by Gasteiger charge is 2.24. The lowest BCUT2D eigenvalue weighted by atomic mass is 9.98. The second-order valence-corrected chi connectivity index (χ2v) is 5.12. The largest absolute Gasteiger partial charge is 0.339 e. The molecule has 3 nitrogen and oxygen atoms in total. The van der Waals surface area contributed by atoms with E-state index < -0.39 is 0 Å². The van der Waals surface area contributed by atoms with Crippen LogP contribution in [0.5, 0.6) is 0 Å². The van der Waals surface area contributed by atoms with Crippen LogP contribution in [-0.4, -0.2) is 37.0 Å². The minimum atomic E-state index is 0.216. The van der Waals surface area contributed by atoms with Crippen LogP contribution in [0.15, 0.2) is 11.6 Å². The Morgan fingerprint density at radius 1 is 1.41 bits per heavy atom. The van der Waals surface area contributed by atoms with Crippen LogP contribution < -0.4 is 5.32 Å². The molecule has 0 radical (unpaired) electrons. The van der Waals surface area contributed by atoms with Gasteiger partial charge < -0.3 is 10.2 Å². The number of carbonyl (C=O) groups excluding carboxylic acids is 1. The summed E-state index contributed by atoms with van der Waals surface area (Å²) in [5.41, 5.74) is 0.966. The summed E-state index contributed by atoms with van der Waals surface area (Å²) in [6, 6.07) is 0.405. The zero-order valence-corrected chi connectivity index (χ0v) is 11.6. The van der Waals surface area contributed by atoms with Gasteiger partial charge in [0.1, 0.15) is 0 Å². The molecule has 0 atom stereocenters. The van der Waals surface area contributed by atoms with Crippen LogP contribution in [-0.2, 0) is 4.79 Å². The van der Waals surface area contributed by atoms with Gasteiger partial charge in [0.15, 0.2) is 0 Å². The SMILES string of the molecule is CC/C=C(/C(=O)N(C)C1CCNCC1)C(C)C. The lowest BCUT2D eigenvalue weighted by Crippen LogP contribution is -2.44. The molecule has 1 amide bonds. The molecule has 17 heavy (non-hydrogen) atoms. The number of hydrogen-bond acceptors (Lipinski definition) is 2. The lowest BCUT2D eigenvalue weighted by molar-refractivity contribution is -0.128. The van der Waals surface area contributed by atoms with Crippen molar-refractivity contribution < 1.29 is 4.79 Å². The standard InChI is InChI=1S/C14H26N2O/c1-5-6-13(11(2)3)14(17)16(4)12-7-9-15-10-8-12/h6,11-12,15H,5,7-10H2,1-4H3/b13-6+. The van der Waals surface area contributed by atoms with E-state index in [9.17, 15) is 4.79 Å². The van der Waals surface area contributed by atoms with E-state index in [-0.39, 0.29) is 5.91 Å². The summed E-state index contributed by atoms with van der Waals surface area (Å²) in [5.74, 6) is 0.528. The summed E-state index contributed by atoms with van der Waals surface area (Å²) in [5, 5.41) is 3.33. The van der Waals surface area contributed by atoms with E-state index in [0.717, 1.165) is 37.9 Å². The van der Waals surface area contributed by atoms with Gasteiger partial charge in [0.05, 0.1) is 0 Å². The van der Waals surface area contributed by atoms with Crippen LogP contribution in [0.4, 0.5) is 0 Å². The van der Waals surface area contributed by atoms with E-state index in [1.54, 1.807) is 0 Å². The van der Waals surface area contributed by atoms with Crippen molar-refractivity contribution in [1.29, 1.82) is 0 Å². The zero-order valence-electron chi connectivity index (χ0n) is 11.6. The maximum absolute atomic E-state index is 12.4. The van der Waals surface area contributed by atoms with Crippen molar-refractivity contribution >= 4 is 5.91 Å². The van der Waals surface area contributed by atoms with Crippen molar-refractivity contribution in [1.82, 2.24) is 10.2 Å². The van der Waals surface area contributed by atoms with Gasteiger partial charge in [-0.2, -0.15) is 0 Å². The Balaban J connectivity index is 2.69. The van der Waals surface area contributed by atoms with Crippen LogP contribution in [0.2, 0.25) is 0 Å². The molecule has 1 saturated heterocycles. The van der Waals surface area contributed by atoms with Crippen molar-refractivity contribution in [3.8, 4) is 0 Å². The van der Waals surface area contributed by atoms with Crippen LogP contribution in [0, 0.1) is 5.92 Å². The molecule has 3 heteroatoms.